The molecule has 4 aromatic rings. The highest BCUT2D eigenvalue weighted by atomic mass is 19.4. The zero-order valence-corrected chi connectivity index (χ0v) is 29.7. The number of nitrogens with one attached hydrogen (secondary N) is 1. The van der Waals surface area contributed by atoms with Crippen LogP contribution in [0.25, 0.3) is 22.5 Å². The van der Waals surface area contributed by atoms with Gasteiger partial charge >= 0.3 is 18.4 Å². The largest absolute Gasteiger partial charge is 0.484 e. The van der Waals surface area contributed by atoms with Crippen molar-refractivity contribution >= 4 is 29.6 Å². The molecule has 1 atom stereocenters. The predicted octanol–water partition coefficient (Wildman–Crippen LogP) is 7.34. The van der Waals surface area contributed by atoms with E-state index in [4.69, 9.17) is 23.9 Å². The molecule has 0 saturated carbocycles. The zero-order chi connectivity index (χ0) is 38.0. The zero-order valence-electron chi connectivity index (χ0n) is 29.7. The van der Waals surface area contributed by atoms with Crippen molar-refractivity contribution in [1.82, 2.24) is 25.1 Å². The van der Waals surface area contributed by atoms with Crippen molar-refractivity contribution in [3.8, 4) is 28.3 Å². The van der Waals surface area contributed by atoms with Crippen molar-refractivity contribution in [2.75, 3.05) is 11.5 Å². The smallest absolute Gasteiger partial charge is 0.435 e. The predicted molar refractivity (Wildman–Crippen MR) is 183 cm³/mol. The van der Waals surface area contributed by atoms with Gasteiger partial charge in [-0.2, -0.15) is 23.0 Å². The minimum absolute atomic E-state index is 0.126. The van der Waals surface area contributed by atoms with E-state index in [9.17, 15) is 27.6 Å². The number of rotatable bonds is 8. The Labute approximate surface area is 298 Å². The Morgan fingerprint density at radius 1 is 0.923 bits per heavy atom. The first-order valence-corrected chi connectivity index (χ1v) is 16.3. The monoisotopic (exact) mass is 724 g/mol. The lowest BCUT2D eigenvalue weighted by molar-refractivity contribution is -0.158. The van der Waals surface area contributed by atoms with Crippen LogP contribution in [0.4, 0.5) is 34.3 Å². The molecule has 1 N–H and O–H groups in total. The molecule has 3 heterocycles. The molecule has 2 aromatic heterocycles. The summed E-state index contributed by atoms with van der Waals surface area (Å²) in [7, 11) is 0. The van der Waals surface area contributed by atoms with E-state index in [-0.39, 0.29) is 30.6 Å². The third kappa shape index (κ3) is 9.42. The van der Waals surface area contributed by atoms with Gasteiger partial charge in [-0.3, -0.25) is 4.79 Å². The minimum Gasteiger partial charge on any atom is -0.484 e. The van der Waals surface area contributed by atoms with Gasteiger partial charge in [0, 0.05) is 22.9 Å². The lowest BCUT2D eigenvalue weighted by Gasteiger charge is -2.28. The number of nitrogens with zero attached hydrogens (tertiary/aromatic N) is 5. The first-order chi connectivity index (χ1) is 24.3. The van der Waals surface area contributed by atoms with Crippen LogP contribution in [0, 0.1) is 0 Å². The number of amides is 2. The van der Waals surface area contributed by atoms with Crippen LogP contribution >= 0.6 is 0 Å². The molecule has 1 aliphatic heterocycles. The summed E-state index contributed by atoms with van der Waals surface area (Å²) in [5.74, 6) is -0.355. The van der Waals surface area contributed by atoms with Gasteiger partial charge in [0.25, 0.3) is 5.91 Å². The van der Waals surface area contributed by atoms with Gasteiger partial charge in [0.05, 0.1) is 30.8 Å². The average molecular weight is 725 g/mol. The number of anilines is 2. The van der Waals surface area contributed by atoms with E-state index in [0.29, 0.717) is 33.6 Å². The van der Waals surface area contributed by atoms with E-state index in [1.807, 2.05) is 5.32 Å². The summed E-state index contributed by atoms with van der Waals surface area (Å²) >= 11 is 0. The van der Waals surface area contributed by atoms with Crippen LogP contribution in [0.15, 0.2) is 60.9 Å². The highest BCUT2D eigenvalue weighted by Gasteiger charge is 2.37. The SMILES string of the molecule is CC(NC(=O)COc1cccc(-c2nc3c(c(N(C(=O)OC(C)(C)C)c4ccc(-c5cnn(C(=O)OC(C)(C)C)c5)cc4)n2)COC3)c1)C(F)(F)F. The molecule has 0 radical (unpaired) electrons. The third-order valence-corrected chi connectivity index (χ3v) is 7.30. The number of hydrogen-bond acceptors (Lipinski definition) is 10. The van der Waals surface area contributed by atoms with Gasteiger partial charge in [-0.05, 0) is 78.3 Å². The fraction of sp³-hybridized carbons (Fsp3) is 0.389. The highest BCUT2D eigenvalue weighted by Crippen LogP contribution is 2.37. The van der Waals surface area contributed by atoms with Crippen molar-refractivity contribution in [2.24, 2.45) is 0 Å². The van der Waals surface area contributed by atoms with E-state index >= 15 is 0 Å². The van der Waals surface area contributed by atoms with E-state index in [0.717, 1.165) is 11.6 Å². The standard InChI is InChI=1S/C36H39F3N6O7/c1-21(36(37,38)39)41-29(46)20-50-26-10-8-9-23(15-26)30-42-28-19-49-18-27(28)31(43-30)45(33(48)52-35(5,6)7)25-13-11-22(12-14-25)24-16-40-44(17-24)32(47)51-34(2,3)4/h8-17,21H,18-20H2,1-7H3,(H,41,46). The molecule has 0 spiro atoms. The number of carbonyl (C=O) groups excluding carboxylic acids is 3. The highest BCUT2D eigenvalue weighted by molar-refractivity contribution is 5.96. The van der Waals surface area contributed by atoms with Gasteiger partial charge < -0.3 is 24.3 Å². The molecule has 5 rings (SSSR count). The van der Waals surface area contributed by atoms with Crippen molar-refractivity contribution in [1.29, 1.82) is 0 Å². The number of halogens is 3. The van der Waals surface area contributed by atoms with Crippen molar-refractivity contribution < 1.29 is 46.5 Å². The molecule has 0 saturated heterocycles. The maximum absolute atomic E-state index is 13.9. The van der Waals surface area contributed by atoms with E-state index in [1.54, 1.807) is 84.1 Å². The minimum atomic E-state index is -4.59. The summed E-state index contributed by atoms with van der Waals surface area (Å²) in [5, 5.41) is 5.98. The van der Waals surface area contributed by atoms with Gasteiger partial charge in [0.15, 0.2) is 18.2 Å². The number of hydrogen-bond donors (Lipinski definition) is 1. The van der Waals surface area contributed by atoms with Crippen molar-refractivity contribution in [2.45, 2.75) is 85.1 Å². The Balaban J connectivity index is 1.46. The summed E-state index contributed by atoms with van der Waals surface area (Å²) in [6.45, 7) is 11.0. The Kier molecular flexibility index (Phi) is 10.6. The molecule has 16 heteroatoms. The third-order valence-electron chi connectivity index (χ3n) is 7.30. The molecule has 52 heavy (non-hydrogen) atoms. The van der Waals surface area contributed by atoms with Crippen LogP contribution in [0.2, 0.25) is 0 Å². The molecule has 2 aromatic carbocycles. The van der Waals surface area contributed by atoms with Gasteiger partial charge in [0.2, 0.25) is 0 Å². The molecule has 1 unspecified atom stereocenters. The van der Waals surface area contributed by atoms with Crippen LogP contribution in [0.3, 0.4) is 0 Å². The second-order valence-electron chi connectivity index (χ2n) is 14.0. The van der Waals surface area contributed by atoms with Crippen LogP contribution < -0.4 is 15.0 Å². The molecule has 0 fully saturated rings. The Morgan fingerprint density at radius 3 is 2.27 bits per heavy atom. The van der Waals surface area contributed by atoms with Crippen LogP contribution in [0.1, 0.15) is 59.7 Å². The molecule has 276 valence electrons. The quantitative estimate of drug-likeness (QED) is 0.196. The second-order valence-corrected chi connectivity index (χ2v) is 14.0. The van der Waals surface area contributed by atoms with E-state index < -0.39 is 48.1 Å². The summed E-state index contributed by atoms with van der Waals surface area (Å²) in [5.41, 5.74) is 1.74. The van der Waals surface area contributed by atoms with Gasteiger partial charge in [-0.1, -0.05) is 24.3 Å². The number of ether oxygens (including phenoxy) is 4. The number of benzene rings is 2. The fourth-order valence-corrected chi connectivity index (χ4v) is 4.89. The average Bonchev–Trinajstić information content (AvgIpc) is 3.73. The van der Waals surface area contributed by atoms with Gasteiger partial charge in [-0.25, -0.2) is 24.5 Å². The fourth-order valence-electron chi connectivity index (χ4n) is 4.89. The van der Waals surface area contributed by atoms with Crippen LogP contribution in [-0.4, -0.2) is 67.9 Å². The van der Waals surface area contributed by atoms with Crippen molar-refractivity contribution in [3.63, 3.8) is 0 Å². The Hall–Kier alpha value is -5.51. The normalized spacial score (nSPS) is 13.6. The molecular formula is C36H39F3N6O7. The van der Waals surface area contributed by atoms with Crippen LogP contribution in [-0.2, 0) is 32.2 Å². The summed E-state index contributed by atoms with van der Waals surface area (Å²) in [4.78, 5) is 49.3. The number of alkyl halides is 3. The van der Waals surface area contributed by atoms with E-state index in [1.165, 1.54) is 23.2 Å². The number of fused-ring (bicyclic) bond motifs is 1. The second kappa shape index (κ2) is 14.6. The van der Waals surface area contributed by atoms with Gasteiger partial charge in [-0.15, -0.1) is 0 Å². The molecule has 0 aliphatic carbocycles. The van der Waals surface area contributed by atoms with Crippen LogP contribution in [0.5, 0.6) is 5.75 Å². The lowest BCUT2D eigenvalue weighted by atomic mass is 10.1. The molecular weight excluding hydrogens is 685 g/mol. The number of carbonyl (C=O) groups is 3. The molecule has 0 bridgehead atoms. The molecule has 2 amide bonds. The molecule has 13 nitrogen and oxygen atoms in total. The molecule has 1 aliphatic rings. The Morgan fingerprint density at radius 2 is 1.62 bits per heavy atom. The topological polar surface area (TPSA) is 147 Å². The number of aromatic nitrogens is 4. The summed E-state index contributed by atoms with van der Waals surface area (Å²) < 4.78 is 62.1. The lowest BCUT2D eigenvalue weighted by Crippen LogP contribution is -2.44. The van der Waals surface area contributed by atoms with Crippen molar-refractivity contribution in [3.05, 3.63) is 72.2 Å². The first-order valence-electron chi connectivity index (χ1n) is 16.3. The van der Waals surface area contributed by atoms with Gasteiger partial charge in [0.1, 0.15) is 23.0 Å². The summed E-state index contributed by atoms with van der Waals surface area (Å²) in [6.07, 6.45) is -2.86. The maximum atomic E-state index is 13.9. The van der Waals surface area contributed by atoms with E-state index in [2.05, 4.69) is 10.1 Å². The summed E-state index contributed by atoms with van der Waals surface area (Å²) in [6, 6.07) is 11.2. The maximum Gasteiger partial charge on any atom is 0.435 e. The first kappa shape index (κ1) is 37.7. The Bertz CT molecular complexity index is 1950.